The fourth-order valence-electron chi connectivity index (χ4n) is 0.749. The van der Waals surface area contributed by atoms with Crippen LogP contribution in [0.5, 0.6) is 0 Å². The monoisotopic (exact) mass is 184 g/mol. The molecule has 0 bridgehead atoms. The first kappa shape index (κ1) is 9.22. The smallest absolute Gasteiger partial charge is 0.209 e. The maximum Gasteiger partial charge on any atom is 0.209 e. The van der Waals surface area contributed by atoms with Gasteiger partial charge in [0.15, 0.2) is 0 Å². The Morgan fingerprint density at radius 2 is 2.25 bits per heavy atom. The summed E-state index contributed by atoms with van der Waals surface area (Å²) < 4.78 is 23.7. The van der Waals surface area contributed by atoms with E-state index in [1.54, 1.807) is 6.07 Å². The largest absolute Gasteiger partial charge is 0.213 e. The first-order valence-corrected chi connectivity index (χ1v) is 5.37. The molecule has 0 saturated heterocycles. The van der Waals surface area contributed by atoms with Crippen LogP contribution in [0.2, 0.25) is 0 Å². The van der Waals surface area contributed by atoms with E-state index in [1.165, 1.54) is 0 Å². The molecular weight excluding hydrogens is 174 g/mol. The van der Waals surface area contributed by atoms with Crippen LogP contribution in [0.4, 0.5) is 0 Å². The zero-order valence-corrected chi connectivity index (χ0v) is 7.56. The number of hydrogen-bond acceptors (Lipinski definition) is 2. The molecule has 0 saturated carbocycles. The summed E-state index contributed by atoms with van der Waals surface area (Å²) in [6, 6.07) is 10.2. The zero-order chi connectivity index (χ0) is 9.03. The Morgan fingerprint density at radius 1 is 1.50 bits per heavy atom. The molecule has 1 radical (unpaired) electrons. The van der Waals surface area contributed by atoms with Gasteiger partial charge < -0.3 is 0 Å². The number of benzene rings is 1. The van der Waals surface area contributed by atoms with E-state index in [4.69, 9.17) is 0 Å². The van der Waals surface area contributed by atoms with Gasteiger partial charge >= 0.3 is 0 Å². The van der Waals surface area contributed by atoms with Gasteiger partial charge in [-0.05, 0) is 11.6 Å². The van der Waals surface area contributed by atoms with E-state index in [9.17, 15) is 8.42 Å². The van der Waals surface area contributed by atoms with E-state index in [2.05, 4.69) is 10.8 Å². The lowest BCUT2D eigenvalue weighted by atomic mass is 10.2. The van der Waals surface area contributed by atoms with Gasteiger partial charge in [0.05, 0.1) is 6.26 Å². The van der Waals surface area contributed by atoms with Crippen molar-refractivity contribution >= 4 is 10.0 Å². The molecule has 0 atom stereocenters. The molecule has 4 heteroatoms. The highest BCUT2D eigenvalue weighted by atomic mass is 32.2. The van der Waals surface area contributed by atoms with Crippen LogP contribution in [-0.2, 0) is 16.6 Å². The Hall–Kier alpha value is -0.870. The Kier molecular flexibility index (Phi) is 2.83. The van der Waals surface area contributed by atoms with Gasteiger partial charge in [0.2, 0.25) is 10.0 Å². The summed E-state index contributed by atoms with van der Waals surface area (Å²) in [7, 11) is -3.09. The summed E-state index contributed by atoms with van der Waals surface area (Å²) in [4.78, 5) is 0. The van der Waals surface area contributed by atoms with Crippen molar-refractivity contribution in [3.8, 4) is 0 Å². The molecule has 0 unspecified atom stereocenters. The first-order chi connectivity index (χ1) is 5.58. The maximum atomic E-state index is 10.7. The molecule has 0 spiro atoms. The molecule has 0 amide bonds. The van der Waals surface area contributed by atoms with E-state index in [0.29, 0.717) is 6.54 Å². The molecule has 1 rings (SSSR count). The van der Waals surface area contributed by atoms with Crippen LogP contribution in [0, 0.1) is 6.07 Å². The Balaban J connectivity index is 2.56. The minimum Gasteiger partial charge on any atom is -0.213 e. The summed E-state index contributed by atoms with van der Waals surface area (Å²) >= 11 is 0. The Labute approximate surface area is 72.5 Å². The Bertz CT molecular complexity index is 331. The van der Waals surface area contributed by atoms with Crippen molar-refractivity contribution in [2.75, 3.05) is 6.26 Å². The number of hydrogen-bond donors (Lipinski definition) is 1. The van der Waals surface area contributed by atoms with Gasteiger partial charge in [0.25, 0.3) is 0 Å². The van der Waals surface area contributed by atoms with Crippen molar-refractivity contribution in [2.45, 2.75) is 6.54 Å². The second kappa shape index (κ2) is 3.69. The number of nitrogens with one attached hydrogen (secondary N) is 1. The fraction of sp³-hybridized carbons (Fsp3) is 0.250. The highest BCUT2D eigenvalue weighted by Crippen LogP contribution is 1.96. The average Bonchev–Trinajstić information content (AvgIpc) is 2.02. The van der Waals surface area contributed by atoms with Crippen molar-refractivity contribution in [1.29, 1.82) is 0 Å². The molecule has 0 aromatic heterocycles. The van der Waals surface area contributed by atoms with Crippen molar-refractivity contribution in [2.24, 2.45) is 0 Å². The van der Waals surface area contributed by atoms with Gasteiger partial charge in [-0.15, -0.1) is 0 Å². The average molecular weight is 184 g/mol. The molecule has 0 aliphatic rings. The minimum absolute atomic E-state index is 0.305. The standard InChI is InChI=1S/C8H10NO2S/c1-12(10,11)9-7-8-5-3-2-4-6-8/h2-5,9H,7H2,1H3. The van der Waals surface area contributed by atoms with Crippen LogP contribution in [0.3, 0.4) is 0 Å². The van der Waals surface area contributed by atoms with Crippen LogP contribution in [0.1, 0.15) is 5.56 Å². The minimum atomic E-state index is -3.09. The summed E-state index contributed by atoms with van der Waals surface area (Å²) in [5.74, 6) is 0. The molecule has 0 heterocycles. The summed E-state index contributed by atoms with van der Waals surface area (Å²) in [6.07, 6.45) is 1.13. The van der Waals surface area contributed by atoms with Crippen LogP contribution in [0.25, 0.3) is 0 Å². The highest BCUT2D eigenvalue weighted by Gasteiger charge is 1.99. The molecule has 0 aliphatic heterocycles. The van der Waals surface area contributed by atoms with Crippen LogP contribution in [0.15, 0.2) is 24.3 Å². The van der Waals surface area contributed by atoms with Gasteiger partial charge in [0, 0.05) is 6.54 Å². The van der Waals surface area contributed by atoms with Gasteiger partial charge in [-0.1, -0.05) is 24.3 Å². The van der Waals surface area contributed by atoms with Crippen molar-refractivity contribution in [3.05, 3.63) is 35.9 Å². The van der Waals surface area contributed by atoms with Gasteiger partial charge in [-0.2, -0.15) is 0 Å². The van der Waals surface area contributed by atoms with Crippen molar-refractivity contribution < 1.29 is 8.42 Å². The van der Waals surface area contributed by atoms with E-state index < -0.39 is 10.0 Å². The van der Waals surface area contributed by atoms with E-state index in [-0.39, 0.29) is 0 Å². The molecule has 1 aromatic rings. The second-order valence-electron chi connectivity index (χ2n) is 2.48. The summed E-state index contributed by atoms with van der Waals surface area (Å²) in [5, 5.41) is 0. The number of sulfonamides is 1. The fourth-order valence-corrected chi connectivity index (χ4v) is 1.17. The van der Waals surface area contributed by atoms with Gasteiger partial charge in [-0.3, -0.25) is 0 Å². The molecule has 1 aromatic carbocycles. The zero-order valence-electron chi connectivity index (χ0n) is 6.74. The lowest BCUT2D eigenvalue weighted by Gasteiger charge is -2.00. The topological polar surface area (TPSA) is 46.2 Å². The lowest BCUT2D eigenvalue weighted by Crippen LogP contribution is -2.21. The normalized spacial score (nSPS) is 11.4. The molecule has 0 fully saturated rings. The summed E-state index contributed by atoms with van der Waals surface area (Å²) in [6.45, 7) is 0.305. The van der Waals surface area contributed by atoms with Crippen molar-refractivity contribution in [1.82, 2.24) is 4.72 Å². The second-order valence-corrected chi connectivity index (χ2v) is 4.31. The Morgan fingerprint density at radius 3 is 2.75 bits per heavy atom. The molecule has 65 valence electrons. The molecule has 0 aliphatic carbocycles. The maximum absolute atomic E-state index is 10.7. The predicted molar refractivity (Wildman–Crippen MR) is 47.0 cm³/mol. The molecular formula is C8H10NO2S. The third-order valence-corrected chi connectivity index (χ3v) is 1.97. The van der Waals surface area contributed by atoms with Crippen LogP contribution < -0.4 is 4.72 Å². The van der Waals surface area contributed by atoms with E-state index in [1.807, 2.05) is 18.2 Å². The van der Waals surface area contributed by atoms with E-state index >= 15 is 0 Å². The SMILES string of the molecule is CS(=O)(=O)NCc1[c]cccc1. The third kappa shape index (κ3) is 3.50. The lowest BCUT2D eigenvalue weighted by molar-refractivity contribution is 0.587. The van der Waals surface area contributed by atoms with Crippen LogP contribution >= 0.6 is 0 Å². The third-order valence-electron chi connectivity index (χ3n) is 1.30. The summed E-state index contributed by atoms with van der Waals surface area (Å²) in [5.41, 5.74) is 0.836. The first-order valence-electron chi connectivity index (χ1n) is 3.48. The van der Waals surface area contributed by atoms with Crippen molar-refractivity contribution in [3.63, 3.8) is 0 Å². The molecule has 12 heavy (non-hydrogen) atoms. The number of rotatable bonds is 3. The van der Waals surface area contributed by atoms with Gasteiger partial charge in [-0.25, -0.2) is 13.1 Å². The highest BCUT2D eigenvalue weighted by molar-refractivity contribution is 7.88. The van der Waals surface area contributed by atoms with Gasteiger partial charge in [0.1, 0.15) is 0 Å². The molecule has 1 N–H and O–H groups in total. The van der Waals surface area contributed by atoms with E-state index in [0.717, 1.165) is 11.8 Å². The van der Waals surface area contributed by atoms with Crippen LogP contribution in [-0.4, -0.2) is 14.7 Å². The predicted octanol–water partition coefficient (Wildman–Crippen LogP) is 0.536. The quantitative estimate of drug-likeness (QED) is 0.745. The molecule has 3 nitrogen and oxygen atoms in total.